The molecule has 0 aromatic heterocycles. The van der Waals surface area contributed by atoms with Crippen molar-refractivity contribution in [3.8, 4) is 0 Å². The minimum atomic E-state index is 0. The first-order chi connectivity index (χ1) is 6.15. The second-order valence-corrected chi connectivity index (χ2v) is 4.71. The highest BCUT2D eigenvalue weighted by Gasteiger charge is 2.12. The predicted molar refractivity (Wildman–Crippen MR) is 72.8 cm³/mol. The summed E-state index contributed by atoms with van der Waals surface area (Å²) in [5.41, 5.74) is 7.34. The van der Waals surface area contributed by atoms with Crippen molar-refractivity contribution in [1.82, 2.24) is 0 Å². The van der Waals surface area contributed by atoms with Gasteiger partial charge in [-0.1, -0.05) is 32.4 Å². The Bertz CT molecular complexity index is 260. The fraction of sp³-hybridized carbons (Fsp3) is 0.455. The summed E-state index contributed by atoms with van der Waals surface area (Å²) < 4.78 is 1.26. The zero-order valence-electron chi connectivity index (χ0n) is 8.53. The zero-order chi connectivity index (χ0) is 9.84. The van der Waals surface area contributed by atoms with Gasteiger partial charge < -0.3 is 5.73 Å². The van der Waals surface area contributed by atoms with Crippen LogP contribution < -0.4 is 5.73 Å². The molecule has 1 unspecified atom stereocenters. The molecule has 14 heavy (non-hydrogen) atoms. The lowest BCUT2D eigenvalue weighted by atomic mass is 9.93. The Hall–Kier alpha value is 0.200. The van der Waals surface area contributed by atoms with Gasteiger partial charge in [0.25, 0.3) is 0 Å². The van der Waals surface area contributed by atoms with Crippen LogP contribution in [-0.2, 0) is 0 Å². The molecule has 1 rings (SSSR count). The molecule has 0 aliphatic heterocycles. The maximum atomic E-state index is 6.10. The molecule has 0 bridgehead atoms. The molecule has 0 amide bonds. The SMILES string of the molecule is CCC(C)[C@@H](N)c1ccc(I)cc1.Cl. The van der Waals surface area contributed by atoms with Crippen LogP contribution in [0.5, 0.6) is 0 Å². The monoisotopic (exact) mass is 325 g/mol. The Morgan fingerprint density at radius 3 is 2.21 bits per heavy atom. The minimum absolute atomic E-state index is 0. The number of rotatable bonds is 3. The van der Waals surface area contributed by atoms with Crippen LogP contribution in [0.2, 0.25) is 0 Å². The first-order valence-electron chi connectivity index (χ1n) is 4.66. The third-order valence-electron chi connectivity index (χ3n) is 2.51. The lowest BCUT2D eigenvalue weighted by Gasteiger charge is -2.18. The maximum Gasteiger partial charge on any atom is 0.0320 e. The van der Waals surface area contributed by atoms with Crippen LogP contribution in [0.25, 0.3) is 0 Å². The van der Waals surface area contributed by atoms with E-state index in [9.17, 15) is 0 Å². The Labute approximate surface area is 106 Å². The number of hydrogen-bond donors (Lipinski definition) is 1. The van der Waals surface area contributed by atoms with Crippen LogP contribution in [0, 0.1) is 9.49 Å². The number of halogens is 2. The summed E-state index contributed by atoms with van der Waals surface area (Å²) in [6.45, 7) is 4.37. The highest BCUT2D eigenvalue weighted by atomic mass is 127. The fourth-order valence-electron chi connectivity index (χ4n) is 1.27. The van der Waals surface area contributed by atoms with E-state index < -0.39 is 0 Å². The summed E-state index contributed by atoms with van der Waals surface area (Å²) in [7, 11) is 0. The number of benzene rings is 1. The van der Waals surface area contributed by atoms with Crippen molar-refractivity contribution >= 4 is 35.0 Å². The maximum absolute atomic E-state index is 6.10. The molecule has 0 saturated carbocycles. The molecule has 2 atom stereocenters. The molecule has 3 heteroatoms. The molecule has 0 saturated heterocycles. The Kier molecular flexibility index (Phi) is 6.74. The first-order valence-corrected chi connectivity index (χ1v) is 5.74. The zero-order valence-corrected chi connectivity index (χ0v) is 11.5. The average Bonchev–Trinajstić information content (AvgIpc) is 2.17. The Balaban J connectivity index is 0.00000169. The van der Waals surface area contributed by atoms with Crippen LogP contribution in [0.3, 0.4) is 0 Å². The van der Waals surface area contributed by atoms with E-state index in [1.807, 2.05) is 0 Å². The third kappa shape index (κ3) is 3.75. The van der Waals surface area contributed by atoms with Gasteiger partial charge >= 0.3 is 0 Å². The summed E-state index contributed by atoms with van der Waals surface area (Å²) in [5.74, 6) is 0.556. The van der Waals surface area contributed by atoms with Crippen molar-refractivity contribution in [2.45, 2.75) is 26.3 Å². The summed E-state index contributed by atoms with van der Waals surface area (Å²) in [5, 5.41) is 0. The van der Waals surface area contributed by atoms with Crippen molar-refractivity contribution in [1.29, 1.82) is 0 Å². The molecule has 1 aromatic carbocycles. The van der Waals surface area contributed by atoms with Gasteiger partial charge in [-0.3, -0.25) is 0 Å². The van der Waals surface area contributed by atoms with E-state index >= 15 is 0 Å². The van der Waals surface area contributed by atoms with Gasteiger partial charge in [0.2, 0.25) is 0 Å². The highest BCUT2D eigenvalue weighted by Crippen LogP contribution is 2.22. The van der Waals surface area contributed by atoms with Crippen molar-refractivity contribution in [2.24, 2.45) is 11.7 Å². The predicted octanol–water partition coefficient (Wildman–Crippen LogP) is 3.76. The first kappa shape index (κ1) is 14.2. The molecule has 0 fully saturated rings. The van der Waals surface area contributed by atoms with Gasteiger partial charge in [0, 0.05) is 9.61 Å². The van der Waals surface area contributed by atoms with E-state index in [1.54, 1.807) is 0 Å². The molecule has 1 nitrogen and oxygen atoms in total. The molecular formula is C11H17ClIN. The molecular weight excluding hydrogens is 308 g/mol. The molecule has 0 radical (unpaired) electrons. The Morgan fingerprint density at radius 2 is 1.79 bits per heavy atom. The molecule has 80 valence electrons. The third-order valence-corrected chi connectivity index (χ3v) is 3.23. The fourth-order valence-corrected chi connectivity index (χ4v) is 1.63. The smallest absolute Gasteiger partial charge is 0.0320 e. The second-order valence-electron chi connectivity index (χ2n) is 3.46. The van der Waals surface area contributed by atoms with Crippen molar-refractivity contribution < 1.29 is 0 Å². The van der Waals surface area contributed by atoms with Crippen LogP contribution in [-0.4, -0.2) is 0 Å². The molecule has 0 aliphatic carbocycles. The van der Waals surface area contributed by atoms with E-state index in [-0.39, 0.29) is 18.4 Å². The van der Waals surface area contributed by atoms with E-state index in [1.165, 1.54) is 9.13 Å². The number of nitrogens with two attached hydrogens (primary N) is 1. The van der Waals surface area contributed by atoms with Gasteiger partial charge in [-0.25, -0.2) is 0 Å². The molecule has 0 spiro atoms. The normalized spacial score (nSPS) is 14.3. The van der Waals surface area contributed by atoms with Crippen LogP contribution in [0.15, 0.2) is 24.3 Å². The van der Waals surface area contributed by atoms with Crippen LogP contribution in [0.4, 0.5) is 0 Å². The van der Waals surface area contributed by atoms with Gasteiger partial charge in [0.15, 0.2) is 0 Å². The van der Waals surface area contributed by atoms with Gasteiger partial charge in [-0.05, 0) is 46.2 Å². The van der Waals surface area contributed by atoms with Crippen molar-refractivity contribution in [3.63, 3.8) is 0 Å². The van der Waals surface area contributed by atoms with E-state index in [4.69, 9.17) is 5.73 Å². The molecule has 1 aromatic rings. The topological polar surface area (TPSA) is 26.0 Å². The lowest BCUT2D eigenvalue weighted by molar-refractivity contribution is 0.457. The van der Waals surface area contributed by atoms with E-state index in [0.29, 0.717) is 5.92 Å². The van der Waals surface area contributed by atoms with Crippen LogP contribution >= 0.6 is 35.0 Å². The minimum Gasteiger partial charge on any atom is -0.324 e. The van der Waals surface area contributed by atoms with Crippen LogP contribution in [0.1, 0.15) is 31.9 Å². The summed E-state index contributed by atoms with van der Waals surface area (Å²) in [6.07, 6.45) is 1.13. The van der Waals surface area contributed by atoms with E-state index in [0.717, 1.165) is 6.42 Å². The largest absolute Gasteiger partial charge is 0.324 e. The Morgan fingerprint density at radius 1 is 1.29 bits per heavy atom. The average molecular weight is 326 g/mol. The summed E-state index contributed by atoms with van der Waals surface area (Å²) in [6, 6.07) is 8.65. The molecule has 2 N–H and O–H groups in total. The summed E-state index contributed by atoms with van der Waals surface area (Å²) in [4.78, 5) is 0. The quantitative estimate of drug-likeness (QED) is 0.841. The van der Waals surface area contributed by atoms with Gasteiger partial charge in [-0.15, -0.1) is 12.4 Å². The van der Waals surface area contributed by atoms with Gasteiger partial charge in [0.1, 0.15) is 0 Å². The molecule has 0 heterocycles. The van der Waals surface area contributed by atoms with Crippen molar-refractivity contribution in [3.05, 3.63) is 33.4 Å². The van der Waals surface area contributed by atoms with Gasteiger partial charge in [-0.2, -0.15) is 0 Å². The second kappa shape index (κ2) is 6.64. The lowest BCUT2D eigenvalue weighted by Crippen LogP contribution is -2.18. The number of hydrogen-bond acceptors (Lipinski definition) is 1. The van der Waals surface area contributed by atoms with Gasteiger partial charge in [0.05, 0.1) is 0 Å². The van der Waals surface area contributed by atoms with E-state index in [2.05, 4.69) is 60.7 Å². The summed E-state index contributed by atoms with van der Waals surface area (Å²) >= 11 is 2.31. The highest BCUT2D eigenvalue weighted by molar-refractivity contribution is 14.1. The molecule has 0 aliphatic rings. The standard InChI is InChI=1S/C11H16IN.ClH/c1-3-8(2)11(13)9-4-6-10(12)7-5-9;/h4-8,11H,3,13H2,1-2H3;1H/t8?,11-;/m1./s1. The van der Waals surface area contributed by atoms with Crippen molar-refractivity contribution in [2.75, 3.05) is 0 Å².